The number of rotatable bonds is 4. The van der Waals surface area contributed by atoms with Gasteiger partial charge in [0.2, 0.25) is 5.89 Å². The second-order valence-electron chi connectivity index (χ2n) is 5.47. The zero-order chi connectivity index (χ0) is 13.1. The van der Waals surface area contributed by atoms with Crippen molar-refractivity contribution >= 4 is 11.8 Å². The average molecular weight is 283 g/mol. The number of hydrogen-bond donors (Lipinski definition) is 2. The second kappa shape index (κ2) is 6.24. The van der Waals surface area contributed by atoms with E-state index >= 15 is 0 Å². The van der Waals surface area contributed by atoms with E-state index in [2.05, 4.69) is 15.5 Å². The molecule has 0 amide bonds. The quantitative estimate of drug-likeness (QED) is 0.881. The summed E-state index contributed by atoms with van der Waals surface area (Å²) in [6.07, 6.45) is 7.13. The fourth-order valence-corrected chi connectivity index (χ4v) is 3.97. The summed E-state index contributed by atoms with van der Waals surface area (Å²) in [5.74, 6) is 2.24. The third kappa shape index (κ3) is 3.49. The highest BCUT2D eigenvalue weighted by atomic mass is 32.2. The summed E-state index contributed by atoms with van der Waals surface area (Å²) in [4.78, 5) is 4.44. The Hall–Kier alpha value is -0.590. The van der Waals surface area contributed by atoms with E-state index in [1.54, 1.807) is 0 Å². The fourth-order valence-electron chi connectivity index (χ4n) is 2.80. The van der Waals surface area contributed by atoms with Crippen LogP contribution in [0.15, 0.2) is 4.52 Å². The lowest BCUT2D eigenvalue weighted by Gasteiger charge is -2.19. The van der Waals surface area contributed by atoms with Gasteiger partial charge in [-0.2, -0.15) is 16.7 Å². The Kier molecular flexibility index (Phi) is 4.40. The average Bonchev–Trinajstić information content (AvgIpc) is 3.06. The summed E-state index contributed by atoms with van der Waals surface area (Å²) in [5, 5.41) is 17.5. The van der Waals surface area contributed by atoms with Crippen molar-refractivity contribution in [3.63, 3.8) is 0 Å². The molecule has 2 atom stereocenters. The summed E-state index contributed by atoms with van der Waals surface area (Å²) in [7, 11) is 0. The van der Waals surface area contributed by atoms with E-state index in [1.165, 1.54) is 32.1 Å². The molecule has 0 aromatic carbocycles. The van der Waals surface area contributed by atoms with Crippen molar-refractivity contribution in [1.29, 1.82) is 0 Å². The van der Waals surface area contributed by atoms with Gasteiger partial charge in [0, 0.05) is 11.8 Å². The van der Waals surface area contributed by atoms with Crippen LogP contribution in [0.3, 0.4) is 0 Å². The molecule has 2 aliphatic rings. The molecule has 2 fully saturated rings. The highest BCUT2D eigenvalue weighted by molar-refractivity contribution is 7.99. The Morgan fingerprint density at radius 2 is 2.16 bits per heavy atom. The largest absolute Gasteiger partial charge is 0.392 e. The maximum Gasteiger partial charge on any atom is 0.243 e. The van der Waals surface area contributed by atoms with Gasteiger partial charge < -0.3 is 14.9 Å². The van der Waals surface area contributed by atoms with Gasteiger partial charge in [-0.1, -0.05) is 24.4 Å². The monoisotopic (exact) mass is 283 g/mol. The number of hydrogen-bond acceptors (Lipinski definition) is 6. The summed E-state index contributed by atoms with van der Waals surface area (Å²) in [5.41, 5.74) is 0. The number of β-amino-alcohol motifs (C(OH)–C–C–N with tert-alkyl or cyclic N) is 1. The number of aliphatic hydroxyl groups is 1. The molecule has 2 N–H and O–H groups in total. The van der Waals surface area contributed by atoms with E-state index in [1.807, 2.05) is 11.8 Å². The van der Waals surface area contributed by atoms with Crippen molar-refractivity contribution < 1.29 is 9.63 Å². The molecule has 0 bridgehead atoms. The summed E-state index contributed by atoms with van der Waals surface area (Å²) in [6.45, 7) is 0.610. The number of nitrogens with zero attached hydrogens (tertiary/aromatic N) is 2. The number of aliphatic hydroxyl groups excluding tert-OH is 1. The Labute approximate surface area is 117 Å². The van der Waals surface area contributed by atoms with Gasteiger partial charge in [0.05, 0.1) is 17.9 Å². The van der Waals surface area contributed by atoms with Crippen LogP contribution in [0.4, 0.5) is 0 Å². The minimum atomic E-state index is -0.294. The standard InChI is InChI=1S/C13H21N3O2S/c17-9-6-11(14-7-9)13-15-12(16-18-13)8-19-10-4-2-1-3-5-10/h9-11,14,17H,1-8H2/t9-,11-/m1/s1. The molecule has 1 aromatic rings. The first-order chi connectivity index (χ1) is 9.31. The molecule has 0 spiro atoms. The van der Waals surface area contributed by atoms with Crippen molar-refractivity contribution in [2.75, 3.05) is 6.54 Å². The highest BCUT2D eigenvalue weighted by Crippen LogP contribution is 2.30. The lowest BCUT2D eigenvalue weighted by Crippen LogP contribution is -2.15. The molecule has 106 valence electrons. The van der Waals surface area contributed by atoms with Crippen molar-refractivity contribution in [1.82, 2.24) is 15.5 Å². The number of nitrogens with one attached hydrogen (secondary N) is 1. The SMILES string of the molecule is O[C@H]1CN[C@@H](c2nc(CSC3CCCCC3)no2)C1. The van der Waals surface area contributed by atoms with E-state index < -0.39 is 0 Å². The van der Waals surface area contributed by atoms with Gasteiger partial charge in [0.1, 0.15) is 0 Å². The van der Waals surface area contributed by atoms with Gasteiger partial charge in [0.15, 0.2) is 5.82 Å². The Balaban J connectivity index is 1.50. The van der Waals surface area contributed by atoms with Gasteiger partial charge in [0.25, 0.3) is 0 Å². The maximum absolute atomic E-state index is 9.48. The molecular weight excluding hydrogens is 262 g/mol. The molecule has 2 heterocycles. The van der Waals surface area contributed by atoms with E-state index in [0.29, 0.717) is 18.9 Å². The topological polar surface area (TPSA) is 71.2 Å². The molecule has 1 aromatic heterocycles. The number of aromatic nitrogens is 2. The second-order valence-corrected chi connectivity index (χ2v) is 6.76. The van der Waals surface area contributed by atoms with Crippen LogP contribution in [0.25, 0.3) is 0 Å². The van der Waals surface area contributed by atoms with Crippen molar-refractivity contribution in [3.8, 4) is 0 Å². The van der Waals surface area contributed by atoms with Gasteiger partial charge in [-0.25, -0.2) is 0 Å². The summed E-state index contributed by atoms with van der Waals surface area (Å²) < 4.78 is 5.29. The van der Waals surface area contributed by atoms with E-state index in [9.17, 15) is 5.11 Å². The minimum absolute atomic E-state index is 0.0240. The molecular formula is C13H21N3O2S. The summed E-state index contributed by atoms with van der Waals surface area (Å²) in [6, 6.07) is 0.0240. The molecule has 1 aliphatic carbocycles. The first-order valence-corrected chi connectivity index (χ1v) is 8.21. The molecule has 6 heteroatoms. The normalized spacial score (nSPS) is 28.9. The van der Waals surface area contributed by atoms with Crippen LogP contribution < -0.4 is 5.32 Å². The fraction of sp³-hybridized carbons (Fsp3) is 0.846. The predicted molar refractivity (Wildman–Crippen MR) is 73.8 cm³/mol. The van der Waals surface area contributed by atoms with Gasteiger partial charge in [-0.3, -0.25) is 0 Å². The molecule has 1 saturated carbocycles. The highest BCUT2D eigenvalue weighted by Gasteiger charge is 2.28. The Morgan fingerprint density at radius 3 is 2.89 bits per heavy atom. The molecule has 0 radical (unpaired) electrons. The van der Waals surface area contributed by atoms with Crippen LogP contribution in [-0.4, -0.2) is 33.1 Å². The molecule has 1 aliphatic heterocycles. The third-order valence-electron chi connectivity index (χ3n) is 3.89. The van der Waals surface area contributed by atoms with Crippen LogP contribution in [0.5, 0.6) is 0 Å². The van der Waals surface area contributed by atoms with Crippen LogP contribution in [0.1, 0.15) is 56.3 Å². The maximum atomic E-state index is 9.48. The first kappa shape index (κ1) is 13.4. The first-order valence-electron chi connectivity index (χ1n) is 7.17. The molecule has 1 saturated heterocycles. The number of thioether (sulfide) groups is 1. The van der Waals surface area contributed by atoms with E-state index in [4.69, 9.17) is 4.52 Å². The predicted octanol–water partition coefficient (Wildman–Crippen LogP) is 2.03. The molecule has 0 unspecified atom stereocenters. The van der Waals surface area contributed by atoms with Crippen molar-refractivity contribution in [2.24, 2.45) is 0 Å². The van der Waals surface area contributed by atoms with Gasteiger partial charge in [-0.05, 0) is 19.3 Å². The minimum Gasteiger partial charge on any atom is -0.392 e. The van der Waals surface area contributed by atoms with Gasteiger partial charge in [-0.15, -0.1) is 0 Å². The lowest BCUT2D eigenvalue weighted by molar-refractivity contribution is 0.191. The smallest absolute Gasteiger partial charge is 0.243 e. The lowest BCUT2D eigenvalue weighted by atomic mass is 10.0. The van der Waals surface area contributed by atoms with Crippen LogP contribution in [-0.2, 0) is 5.75 Å². The van der Waals surface area contributed by atoms with Crippen LogP contribution >= 0.6 is 11.8 Å². The zero-order valence-electron chi connectivity index (χ0n) is 11.0. The van der Waals surface area contributed by atoms with E-state index in [0.717, 1.165) is 16.8 Å². The van der Waals surface area contributed by atoms with Gasteiger partial charge >= 0.3 is 0 Å². The third-order valence-corrected chi connectivity index (χ3v) is 5.26. The summed E-state index contributed by atoms with van der Waals surface area (Å²) >= 11 is 1.95. The van der Waals surface area contributed by atoms with Crippen LogP contribution in [0, 0.1) is 0 Å². The molecule has 3 rings (SSSR count). The molecule has 19 heavy (non-hydrogen) atoms. The van der Waals surface area contributed by atoms with Crippen LogP contribution in [0.2, 0.25) is 0 Å². The molecule has 5 nitrogen and oxygen atoms in total. The zero-order valence-corrected chi connectivity index (χ0v) is 11.9. The van der Waals surface area contributed by atoms with Crippen molar-refractivity contribution in [2.45, 2.75) is 61.7 Å². The van der Waals surface area contributed by atoms with E-state index in [-0.39, 0.29) is 12.1 Å². The van der Waals surface area contributed by atoms with Crippen molar-refractivity contribution in [3.05, 3.63) is 11.7 Å². The Bertz CT molecular complexity index is 406. The Morgan fingerprint density at radius 1 is 1.32 bits per heavy atom.